The molecule has 7 nitrogen and oxygen atoms in total. The molecule has 0 radical (unpaired) electrons. The first-order chi connectivity index (χ1) is 21.4. The molecule has 0 fully saturated rings. The molecule has 4 atom stereocenters. The van der Waals surface area contributed by atoms with E-state index in [1.165, 1.54) is 7.11 Å². The summed E-state index contributed by atoms with van der Waals surface area (Å²) >= 11 is 0. The van der Waals surface area contributed by atoms with E-state index in [-0.39, 0.29) is 24.0 Å². The molecule has 0 saturated heterocycles. The highest BCUT2D eigenvalue weighted by Gasteiger charge is 2.39. The molecule has 4 aromatic carbocycles. The summed E-state index contributed by atoms with van der Waals surface area (Å²) in [7, 11) is 3.17. The third kappa shape index (κ3) is 5.33. The van der Waals surface area contributed by atoms with Crippen LogP contribution in [0.15, 0.2) is 54.6 Å². The van der Waals surface area contributed by atoms with Gasteiger partial charge in [-0.2, -0.15) is 0 Å². The van der Waals surface area contributed by atoms with E-state index in [1.807, 2.05) is 30.3 Å². The topological polar surface area (TPSA) is 109 Å². The van der Waals surface area contributed by atoms with Gasteiger partial charge < -0.3 is 34.6 Å². The van der Waals surface area contributed by atoms with Gasteiger partial charge in [-0.25, -0.2) is 0 Å². The van der Waals surface area contributed by atoms with Gasteiger partial charge in [-0.15, -0.1) is 0 Å². The summed E-state index contributed by atoms with van der Waals surface area (Å²) in [5.41, 5.74) is 6.03. The molecule has 0 bridgehead atoms. The Morgan fingerprint density at radius 1 is 0.886 bits per heavy atom. The van der Waals surface area contributed by atoms with Crippen molar-refractivity contribution >= 4 is 10.8 Å². The zero-order valence-corrected chi connectivity index (χ0v) is 25.7. The largest absolute Gasteiger partial charge is 0.507 e. The van der Waals surface area contributed by atoms with Crippen LogP contribution in [0.5, 0.6) is 28.7 Å². The molecule has 1 heterocycles. The highest BCUT2D eigenvalue weighted by Crippen LogP contribution is 2.55. The lowest BCUT2D eigenvalue weighted by atomic mass is 9.71. The summed E-state index contributed by atoms with van der Waals surface area (Å²) in [6.45, 7) is 2.42. The second-order valence-corrected chi connectivity index (χ2v) is 12.2. The van der Waals surface area contributed by atoms with E-state index in [0.29, 0.717) is 35.2 Å². The zero-order valence-electron chi connectivity index (χ0n) is 25.7. The predicted molar refractivity (Wildman–Crippen MR) is 171 cm³/mol. The van der Waals surface area contributed by atoms with E-state index in [4.69, 9.17) is 14.2 Å². The van der Waals surface area contributed by atoms with E-state index < -0.39 is 12.2 Å². The zero-order chi connectivity index (χ0) is 31.0. The van der Waals surface area contributed by atoms with Crippen molar-refractivity contribution in [1.82, 2.24) is 0 Å². The Hall–Kier alpha value is -3.94. The molecule has 0 saturated carbocycles. The van der Waals surface area contributed by atoms with E-state index in [0.717, 1.165) is 77.1 Å². The van der Waals surface area contributed by atoms with Gasteiger partial charge in [-0.3, -0.25) is 0 Å². The molecule has 44 heavy (non-hydrogen) atoms. The molecule has 0 aromatic heterocycles. The van der Waals surface area contributed by atoms with E-state index >= 15 is 0 Å². The molecule has 7 heteroatoms. The number of methoxy groups -OCH3 is 2. The molecule has 1 aliphatic heterocycles. The number of phenols is 2. The van der Waals surface area contributed by atoms with Gasteiger partial charge in [0.05, 0.1) is 20.3 Å². The van der Waals surface area contributed by atoms with Crippen molar-refractivity contribution < 1.29 is 34.6 Å². The van der Waals surface area contributed by atoms with Crippen LogP contribution < -0.4 is 14.2 Å². The highest BCUT2D eigenvalue weighted by molar-refractivity contribution is 6.04. The monoisotopic (exact) mass is 598 g/mol. The third-order valence-corrected chi connectivity index (χ3v) is 9.67. The Morgan fingerprint density at radius 2 is 1.66 bits per heavy atom. The number of aliphatic hydroxyl groups excluding tert-OH is 2. The fourth-order valence-electron chi connectivity index (χ4n) is 7.42. The van der Waals surface area contributed by atoms with Crippen LogP contribution in [0.2, 0.25) is 0 Å². The Morgan fingerprint density at radius 3 is 2.39 bits per heavy atom. The smallest absolute Gasteiger partial charge is 0.160 e. The van der Waals surface area contributed by atoms with Gasteiger partial charge >= 0.3 is 0 Å². The average molecular weight is 599 g/mol. The summed E-state index contributed by atoms with van der Waals surface area (Å²) < 4.78 is 18.0. The van der Waals surface area contributed by atoms with Gasteiger partial charge in [0.15, 0.2) is 11.5 Å². The number of hydrogen-bond acceptors (Lipinski definition) is 7. The lowest BCUT2D eigenvalue weighted by Gasteiger charge is -2.38. The van der Waals surface area contributed by atoms with Crippen molar-refractivity contribution in [3.8, 4) is 39.9 Å². The molecule has 4 N–H and O–H groups in total. The average Bonchev–Trinajstić information content (AvgIpc) is 3.04. The number of hydrogen-bond donors (Lipinski definition) is 4. The second kappa shape index (κ2) is 12.6. The van der Waals surface area contributed by atoms with Gasteiger partial charge in [0.25, 0.3) is 0 Å². The van der Waals surface area contributed by atoms with Crippen molar-refractivity contribution in [2.75, 3.05) is 20.8 Å². The number of phenolic OH excluding ortho intramolecular Hbond substituents is 2. The quantitative estimate of drug-likeness (QED) is 0.153. The van der Waals surface area contributed by atoms with Crippen LogP contribution in [-0.4, -0.2) is 47.4 Å². The minimum Gasteiger partial charge on any atom is -0.507 e. The first kappa shape index (κ1) is 30.1. The van der Waals surface area contributed by atoms with Gasteiger partial charge in [-0.1, -0.05) is 43.7 Å². The number of benzene rings is 4. The van der Waals surface area contributed by atoms with Crippen molar-refractivity contribution in [3.63, 3.8) is 0 Å². The predicted octanol–water partition coefficient (Wildman–Crippen LogP) is 7.19. The Kier molecular flexibility index (Phi) is 8.61. The van der Waals surface area contributed by atoms with Crippen molar-refractivity contribution in [3.05, 3.63) is 76.9 Å². The number of aliphatic hydroxyl groups is 2. The minimum atomic E-state index is -0.819. The molecule has 2 aliphatic rings. The standard InChI is InChI=1S/C37H42O7/c1-4-21(8-7-15-38)11-12-22-16-24-17-29(40)25-9-5-6-10-26(25)35(24)36-33(43-3)20-31-27(34(22)36)19-30(41)37(44-31)23-13-14-28(39)32(18-23)42-2/h5-6,9-10,13-14,17-18,20-22,30,37-41H,4,7-8,11-12,15-16,19H2,1-3H3/t21-,22+,30-,37+/m1/s1. The second-order valence-electron chi connectivity index (χ2n) is 12.2. The van der Waals surface area contributed by atoms with E-state index in [9.17, 15) is 20.4 Å². The van der Waals surface area contributed by atoms with E-state index in [1.54, 1.807) is 25.3 Å². The molecular formula is C37H42O7. The third-order valence-electron chi connectivity index (χ3n) is 9.67. The van der Waals surface area contributed by atoms with Gasteiger partial charge in [-0.05, 0) is 89.8 Å². The summed E-state index contributed by atoms with van der Waals surface area (Å²) in [6.07, 6.45) is 4.48. The van der Waals surface area contributed by atoms with Crippen LogP contribution in [0.4, 0.5) is 0 Å². The Bertz CT molecular complexity index is 1660. The molecule has 0 amide bonds. The van der Waals surface area contributed by atoms with Crippen molar-refractivity contribution in [1.29, 1.82) is 0 Å². The Balaban J connectivity index is 1.50. The fourth-order valence-corrected chi connectivity index (χ4v) is 7.42. The molecule has 232 valence electrons. The maximum atomic E-state index is 11.6. The van der Waals surface area contributed by atoms with Crippen molar-refractivity contribution in [2.24, 2.45) is 5.92 Å². The van der Waals surface area contributed by atoms with Crippen molar-refractivity contribution in [2.45, 2.75) is 70.0 Å². The SMILES string of the molecule is CC[C@H](CCCO)CC[C@H]1Cc2cc(O)c3ccccc3c2-c2c(OC)cc3c(c21)C[C@@H](O)[C@H](c1ccc(O)c(OC)c1)O3. The summed E-state index contributed by atoms with van der Waals surface area (Å²) in [5, 5.41) is 43.9. The summed E-state index contributed by atoms with van der Waals surface area (Å²) in [4.78, 5) is 0. The lowest BCUT2D eigenvalue weighted by molar-refractivity contribution is 0.0201. The number of rotatable bonds is 10. The number of aromatic hydroxyl groups is 2. The minimum absolute atomic E-state index is 0.0295. The van der Waals surface area contributed by atoms with Crippen LogP contribution in [0, 0.1) is 5.92 Å². The van der Waals surface area contributed by atoms with Crippen LogP contribution in [0.1, 0.15) is 73.3 Å². The van der Waals surface area contributed by atoms with Crippen LogP contribution in [0.3, 0.4) is 0 Å². The van der Waals surface area contributed by atoms with E-state index in [2.05, 4.69) is 13.0 Å². The summed E-state index contributed by atoms with van der Waals surface area (Å²) in [6, 6.07) is 16.8. The molecule has 0 spiro atoms. The molecular weight excluding hydrogens is 556 g/mol. The lowest BCUT2D eigenvalue weighted by Crippen LogP contribution is -2.32. The maximum Gasteiger partial charge on any atom is 0.160 e. The van der Waals surface area contributed by atoms with Gasteiger partial charge in [0.2, 0.25) is 0 Å². The number of fused-ring (bicyclic) bond motifs is 7. The van der Waals surface area contributed by atoms with Gasteiger partial charge in [0.1, 0.15) is 23.4 Å². The van der Waals surface area contributed by atoms with Crippen LogP contribution >= 0.6 is 0 Å². The molecule has 6 rings (SSSR count). The first-order valence-corrected chi connectivity index (χ1v) is 15.7. The van der Waals surface area contributed by atoms with Gasteiger partial charge in [0, 0.05) is 35.6 Å². The number of ether oxygens (including phenoxy) is 3. The fraction of sp³-hybridized carbons (Fsp3) is 0.405. The van der Waals surface area contributed by atoms with Crippen LogP contribution in [0.25, 0.3) is 21.9 Å². The molecule has 0 unspecified atom stereocenters. The molecule has 1 aliphatic carbocycles. The van der Waals surface area contributed by atoms with Crippen LogP contribution in [-0.2, 0) is 12.8 Å². The Labute approximate surface area is 258 Å². The highest BCUT2D eigenvalue weighted by atomic mass is 16.5. The maximum absolute atomic E-state index is 11.6. The normalized spacial score (nSPS) is 19.4. The summed E-state index contributed by atoms with van der Waals surface area (Å²) in [5.74, 6) is 2.66. The first-order valence-electron chi connectivity index (χ1n) is 15.7. The molecule has 4 aromatic rings.